The Bertz CT molecular complexity index is 1020. The summed E-state index contributed by atoms with van der Waals surface area (Å²) < 4.78 is 45.1. The Morgan fingerprint density at radius 2 is 2.00 bits per heavy atom. The molecule has 1 aliphatic heterocycles. The second-order valence-electron chi connectivity index (χ2n) is 6.75. The highest BCUT2D eigenvalue weighted by Gasteiger charge is 2.39. The summed E-state index contributed by atoms with van der Waals surface area (Å²) in [7, 11) is 0. The van der Waals surface area contributed by atoms with Gasteiger partial charge in [-0.1, -0.05) is 25.1 Å². The predicted molar refractivity (Wildman–Crippen MR) is 94.8 cm³/mol. The summed E-state index contributed by atoms with van der Waals surface area (Å²) in [6.45, 7) is 1.87. The van der Waals surface area contributed by atoms with E-state index in [-0.39, 0.29) is 23.6 Å². The third kappa shape index (κ3) is 3.26. The minimum atomic E-state index is -4.50. The summed E-state index contributed by atoms with van der Waals surface area (Å²) in [6, 6.07) is 11.0. The summed E-state index contributed by atoms with van der Waals surface area (Å²) in [5.74, 6) is 0.103. The lowest BCUT2D eigenvalue weighted by molar-refractivity contribution is -0.138. The Hall–Kier alpha value is -3.16. The lowest BCUT2D eigenvalue weighted by Crippen LogP contribution is -2.23. The normalized spacial score (nSPS) is 15.0. The highest BCUT2D eigenvalue weighted by molar-refractivity contribution is 6.10. The van der Waals surface area contributed by atoms with Crippen LogP contribution in [0.25, 0.3) is 0 Å². The number of carbonyl (C=O) groups is 1. The van der Waals surface area contributed by atoms with Gasteiger partial charge < -0.3 is 9.32 Å². The Kier molecular flexibility index (Phi) is 4.41. The van der Waals surface area contributed by atoms with Crippen molar-refractivity contribution in [3.63, 3.8) is 0 Å². The summed E-state index contributed by atoms with van der Waals surface area (Å²) in [5, 5.41) is 7.51. The number of anilines is 1. The van der Waals surface area contributed by atoms with Crippen molar-refractivity contribution in [2.75, 3.05) is 4.90 Å². The molecule has 0 spiro atoms. The van der Waals surface area contributed by atoms with Gasteiger partial charge in [0.15, 0.2) is 0 Å². The zero-order valence-corrected chi connectivity index (χ0v) is 14.9. The standard InChI is InChI=1S/C20H16F3N3O2/c1-12(8-18-25-24-11-28-18)13-4-2-5-14(9-13)26-10-16-15(19(26)27)6-3-7-17(16)20(21,22)23/h2-7,9,11-12H,8,10H2,1H3/t12-/m1/s1. The van der Waals surface area contributed by atoms with Crippen molar-refractivity contribution >= 4 is 11.6 Å². The quantitative estimate of drug-likeness (QED) is 0.657. The Labute approximate surface area is 158 Å². The van der Waals surface area contributed by atoms with Crippen molar-refractivity contribution in [3.05, 3.63) is 77.0 Å². The van der Waals surface area contributed by atoms with Crippen LogP contribution in [0.5, 0.6) is 0 Å². The van der Waals surface area contributed by atoms with Crippen LogP contribution in [0, 0.1) is 0 Å². The van der Waals surface area contributed by atoms with Crippen molar-refractivity contribution in [2.45, 2.75) is 32.0 Å². The average Bonchev–Trinajstić information content (AvgIpc) is 3.29. The lowest BCUT2D eigenvalue weighted by atomic mass is 9.97. The van der Waals surface area contributed by atoms with Crippen LogP contribution < -0.4 is 4.90 Å². The van der Waals surface area contributed by atoms with Crippen molar-refractivity contribution in [2.24, 2.45) is 0 Å². The first kappa shape index (κ1) is 18.2. The summed E-state index contributed by atoms with van der Waals surface area (Å²) in [5.41, 5.74) is 0.838. The van der Waals surface area contributed by atoms with E-state index in [2.05, 4.69) is 10.2 Å². The van der Waals surface area contributed by atoms with E-state index >= 15 is 0 Å². The van der Waals surface area contributed by atoms with Gasteiger partial charge in [0.05, 0.1) is 12.1 Å². The van der Waals surface area contributed by atoms with E-state index in [0.29, 0.717) is 18.0 Å². The molecular weight excluding hydrogens is 371 g/mol. The monoisotopic (exact) mass is 387 g/mol. The molecule has 0 aliphatic carbocycles. The molecule has 3 aromatic rings. The summed E-state index contributed by atoms with van der Waals surface area (Å²) in [6.07, 6.45) is -2.71. The molecule has 1 atom stereocenters. The van der Waals surface area contributed by atoms with Gasteiger partial charge in [0, 0.05) is 17.7 Å². The molecule has 144 valence electrons. The smallest absolute Gasteiger partial charge is 0.416 e. The number of hydrogen-bond donors (Lipinski definition) is 0. The molecule has 0 fully saturated rings. The van der Waals surface area contributed by atoms with Gasteiger partial charge in [-0.05, 0) is 41.3 Å². The van der Waals surface area contributed by atoms with Crippen LogP contribution in [-0.4, -0.2) is 16.1 Å². The fourth-order valence-electron chi connectivity index (χ4n) is 3.47. The molecule has 5 nitrogen and oxygen atoms in total. The number of fused-ring (bicyclic) bond motifs is 1. The van der Waals surface area contributed by atoms with Crippen LogP contribution in [0.15, 0.2) is 53.3 Å². The van der Waals surface area contributed by atoms with Crippen LogP contribution in [0.1, 0.15) is 45.8 Å². The third-order valence-electron chi connectivity index (χ3n) is 4.91. The van der Waals surface area contributed by atoms with E-state index < -0.39 is 17.6 Å². The summed E-state index contributed by atoms with van der Waals surface area (Å²) in [4.78, 5) is 14.1. The van der Waals surface area contributed by atoms with Gasteiger partial charge in [-0.15, -0.1) is 10.2 Å². The molecular formula is C20H16F3N3O2. The van der Waals surface area contributed by atoms with Gasteiger partial charge in [-0.3, -0.25) is 4.79 Å². The molecule has 0 N–H and O–H groups in total. The third-order valence-corrected chi connectivity index (χ3v) is 4.91. The lowest BCUT2D eigenvalue weighted by Gasteiger charge is -2.19. The number of amides is 1. The van der Waals surface area contributed by atoms with E-state index in [1.807, 2.05) is 19.1 Å². The van der Waals surface area contributed by atoms with Crippen molar-refractivity contribution < 1.29 is 22.4 Å². The minimum absolute atomic E-state index is 0.0179. The molecule has 4 rings (SSSR count). The molecule has 2 heterocycles. The van der Waals surface area contributed by atoms with E-state index in [4.69, 9.17) is 4.42 Å². The molecule has 0 saturated heterocycles. The predicted octanol–water partition coefficient (Wildman–Crippen LogP) is 4.60. The maximum absolute atomic E-state index is 13.3. The zero-order chi connectivity index (χ0) is 19.9. The second-order valence-corrected chi connectivity index (χ2v) is 6.75. The Morgan fingerprint density at radius 1 is 1.21 bits per heavy atom. The van der Waals surface area contributed by atoms with Crippen LogP contribution in [-0.2, 0) is 19.1 Å². The molecule has 0 radical (unpaired) electrons. The number of benzene rings is 2. The molecule has 0 unspecified atom stereocenters. The van der Waals surface area contributed by atoms with Gasteiger partial charge in [0.25, 0.3) is 5.91 Å². The fraction of sp³-hybridized carbons (Fsp3) is 0.250. The zero-order valence-electron chi connectivity index (χ0n) is 14.9. The average molecular weight is 387 g/mol. The van der Waals surface area contributed by atoms with Gasteiger partial charge in [-0.25, -0.2) is 0 Å². The fourth-order valence-corrected chi connectivity index (χ4v) is 3.47. The van der Waals surface area contributed by atoms with Crippen LogP contribution in [0.3, 0.4) is 0 Å². The molecule has 1 aliphatic rings. The molecule has 0 saturated carbocycles. The first-order valence-corrected chi connectivity index (χ1v) is 8.70. The number of halogens is 3. The number of nitrogens with zero attached hydrogens (tertiary/aromatic N) is 3. The second kappa shape index (κ2) is 6.78. The van der Waals surface area contributed by atoms with Crippen molar-refractivity contribution in [3.8, 4) is 0 Å². The largest absolute Gasteiger partial charge is 0.428 e. The first-order valence-electron chi connectivity index (χ1n) is 8.70. The number of hydrogen-bond acceptors (Lipinski definition) is 4. The highest BCUT2D eigenvalue weighted by atomic mass is 19.4. The molecule has 8 heteroatoms. The number of rotatable bonds is 4. The van der Waals surface area contributed by atoms with E-state index in [9.17, 15) is 18.0 Å². The molecule has 2 aromatic carbocycles. The van der Waals surface area contributed by atoms with Crippen molar-refractivity contribution in [1.82, 2.24) is 10.2 Å². The SMILES string of the molecule is C[C@H](Cc1nnco1)c1cccc(N2Cc3c(cccc3C(F)(F)F)C2=O)c1. The van der Waals surface area contributed by atoms with E-state index in [1.54, 1.807) is 12.1 Å². The molecule has 0 bridgehead atoms. The van der Waals surface area contributed by atoms with Gasteiger partial charge in [-0.2, -0.15) is 13.2 Å². The van der Waals surface area contributed by atoms with E-state index in [0.717, 1.165) is 11.6 Å². The minimum Gasteiger partial charge on any atom is -0.428 e. The maximum atomic E-state index is 13.3. The van der Waals surface area contributed by atoms with Crippen LogP contribution >= 0.6 is 0 Å². The molecule has 28 heavy (non-hydrogen) atoms. The Morgan fingerprint density at radius 3 is 2.71 bits per heavy atom. The Balaban J connectivity index is 1.63. The number of carbonyl (C=O) groups excluding carboxylic acids is 1. The van der Waals surface area contributed by atoms with Crippen molar-refractivity contribution in [1.29, 1.82) is 0 Å². The van der Waals surface area contributed by atoms with E-state index in [1.165, 1.54) is 23.4 Å². The maximum Gasteiger partial charge on any atom is 0.416 e. The number of aromatic nitrogens is 2. The van der Waals surface area contributed by atoms with Gasteiger partial charge in [0.1, 0.15) is 0 Å². The highest BCUT2D eigenvalue weighted by Crippen LogP contribution is 2.38. The van der Waals surface area contributed by atoms with Crippen LogP contribution in [0.4, 0.5) is 18.9 Å². The van der Waals surface area contributed by atoms with Gasteiger partial charge in [0.2, 0.25) is 12.3 Å². The molecule has 1 amide bonds. The van der Waals surface area contributed by atoms with Gasteiger partial charge >= 0.3 is 6.18 Å². The summed E-state index contributed by atoms with van der Waals surface area (Å²) >= 11 is 0. The van der Waals surface area contributed by atoms with Crippen LogP contribution in [0.2, 0.25) is 0 Å². The molecule has 1 aromatic heterocycles. The topological polar surface area (TPSA) is 59.2 Å². The number of alkyl halides is 3. The first-order chi connectivity index (χ1) is 13.3.